The molecule has 0 unspecified atom stereocenters. The van der Waals surface area contributed by atoms with Crippen molar-refractivity contribution in [3.05, 3.63) is 83.8 Å². The highest BCUT2D eigenvalue weighted by atomic mass is 14.9. The van der Waals surface area contributed by atoms with E-state index in [1.807, 2.05) is 36.0 Å². The Bertz CT molecular complexity index is 1390. The van der Waals surface area contributed by atoms with E-state index in [0.717, 1.165) is 33.2 Å². The maximum Gasteiger partial charge on any atom is 0.220 e. The molecule has 2 aromatic heterocycles. The van der Waals surface area contributed by atoms with E-state index in [9.17, 15) is 0 Å². The molecule has 2 heteroatoms. The van der Waals surface area contributed by atoms with Gasteiger partial charge >= 0.3 is 0 Å². The zero-order valence-corrected chi connectivity index (χ0v) is 20.6. The monoisotopic (exact) mass is 425 g/mol. The van der Waals surface area contributed by atoms with Crippen molar-refractivity contribution in [3.8, 4) is 22.4 Å². The van der Waals surface area contributed by atoms with Crippen LogP contribution in [0.1, 0.15) is 61.0 Å². The maximum atomic E-state index is 8.78. The summed E-state index contributed by atoms with van der Waals surface area (Å²) in [4.78, 5) is 4.25. The SMILES string of the molecule is [2H]c1c([2H])[n+](C)c(-c2cc(C(C)(C)C)cc(C(C)(C)C)c2C)c2ccc(-c3cccnc3)cc12. The van der Waals surface area contributed by atoms with E-state index in [-0.39, 0.29) is 23.0 Å². The van der Waals surface area contributed by atoms with Crippen molar-refractivity contribution in [3.63, 3.8) is 0 Å². The smallest absolute Gasteiger partial charge is 0.220 e. The van der Waals surface area contributed by atoms with Crippen LogP contribution in [0.2, 0.25) is 0 Å². The van der Waals surface area contributed by atoms with Crippen molar-refractivity contribution in [2.24, 2.45) is 7.05 Å². The number of benzene rings is 2. The summed E-state index contributed by atoms with van der Waals surface area (Å²) in [5.74, 6) is 0. The molecule has 0 aliphatic rings. The summed E-state index contributed by atoms with van der Waals surface area (Å²) in [6.07, 6.45) is 3.81. The van der Waals surface area contributed by atoms with Gasteiger partial charge in [-0.2, -0.15) is 0 Å². The second-order valence-electron chi connectivity index (χ2n) is 10.8. The molecule has 4 aromatic rings. The number of pyridine rings is 2. The zero-order valence-electron chi connectivity index (χ0n) is 22.6. The first-order valence-corrected chi connectivity index (χ1v) is 11.3. The third-order valence-corrected chi connectivity index (χ3v) is 6.30. The summed E-state index contributed by atoms with van der Waals surface area (Å²) < 4.78 is 19.4. The Morgan fingerprint density at radius 3 is 2.28 bits per heavy atom. The Labute approximate surface area is 195 Å². The van der Waals surface area contributed by atoms with Gasteiger partial charge < -0.3 is 0 Å². The van der Waals surface area contributed by atoms with Crippen LogP contribution in [0.4, 0.5) is 0 Å². The summed E-state index contributed by atoms with van der Waals surface area (Å²) in [6.45, 7) is 15.7. The third-order valence-electron chi connectivity index (χ3n) is 6.30. The van der Waals surface area contributed by atoms with Crippen LogP contribution in [0.3, 0.4) is 0 Å². The summed E-state index contributed by atoms with van der Waals surface area (Å²) in [5.41, 5.74) is 7.93. The highest BCUT2D eigenvalue weighted by Gasteiger charge is 2.27. The Morgan fingerprint density at radius 1 is 0.906 bits per heavy atom. The van der Waals surface area contributed by atoms with Gasteiger partial charge in [-0.3, -0.25) is 4.98 Å². The molecule has 0 atom stereocenters. The van der Waals surface area contributed by atoms with Crippen LogP contribution < -0.4 is 4.57 Å². The topological polar surface area (TPSA) is 16.8 Å². The fourth-order valence-corrected chi connectivity index (χ4v) is 4.45. The van der Waals surface area contributed by atoms with E-state index in [1.54, 1.807) is 6.20 Å². The van der Waals surface area contributed by atoms with Crippen LogP contribution in [0.25, 0.3) is 33.2 Å². The molecule has 0 fully saturated rings. The number of rotatable bonds is 2. The van der Waals surface area contributed by atoms with Crippen LogP contribution >= 0.6 is 0 Å². The number of hydrogen-bond acceptors (Lipinski definition) is 1. The molecular weight excluding hydrogens is 388 g/mol. The van der Waals surface area contributed by atoms with Gasteiger partial charge in [-0.1, -0.05) is 59.7 Å². The molecular formula is C30H35N2+. The van der Waals surface area contributed by atoms with Crippen molar-refractivity contribution >= 4 is 10.8 Å². The van der Waals surface area contributed by atoms with Gasteiger partial charge in [-0.05, 0) is 69.7 Å². The first-order chi connectivity index (χ1) is 15.8. The van der Waals surface area contributed by atoms with E-state index < -0.39 is 0 Å². The molecule has 2 aromatic carbocycles. The van der Waals surface area contributed by atoms with Crippen LogP contribution in [-0.4, -0.2) is 4.98 Å². The van der Waals surface area contributed by atoms with Gasteiger partial charge in [-0.25, -0.2) is 4.57 Å². The average molecular weight is 426 g/mol. The predicted octanol–water partition coefficient (Wildman–Crippen LogP) is 7.30. The molecule has 0 spiro atoms. The lowest BCUT2D eigenvalue weighted by molar-refractivity contribution is -0.659. The van der Waals surface area contributed by atoms with E-state index in [2.05, 4.69) is 77.7 Å². The van der Waals surface area contributed by atoms with Gasteiger partial charge in [0.1, 0.15) is 8.42 Å². The second kappa shape index (κ2) is 7.85. The molecule has 164 valence electrons. The third kappa shape index (κ3) is 4.07. The molecule has 0 aliphatic carbocycles. The fraction of sp³-hybridized carbons (Fsp3) is 0.333. The number of hydrogen-bond donors (Lipinski definition) is 0. The van der Waals surface area contributed by atoms with Crippen LogP contribution in [0.5, 0.6) is 0 Å². The lowest BCUT2D eigenvalue weighted by atomic mass is 9.76. The molecule has 32 heavy (non-hydrogen) atoms. The first-order valence-electron chi connectivity index (χ1n) is 12.3. The summed E-state index contributed by atoms with van der Waals surface area (Å²) >= 11 is 0. The molecule has 2 heterocycles. The van der Waals surface area contributed by atoms with Gasteiger partial charge in [-0.15, -0.1) is 0 Å². The van der Waals surface area contributed by atoms with E-state index in [4.69, 9.17) is 2.74 Å². The molecule has 0 N–H and O–H groups in total. The van der Waals surface area contributed by atoms with Crippen molar-refractivity contribution < 1.29 is 7.31 Å². The van der Waals surface area contributed by atoms with E-state index in [1.165, 1.54) is 16.7 Å². The zero-order chi connectivity index (χ0) is 25.0. The summed E-state index contributed by atoms with van der Waals surface area (Å²) in [5, 5.41) is 1.78. The van der Waals surface area contributed by atoms with Crippen LogP contribution in [-0.2, 0) is 17.9 Å². The van der Waals surface area contributed by atoms with E-state index in [0.29, 0.717) is 0 Å². The Morgan fingerprint density at radius 2 is 1.66 bits per heavy atom. The molecule has 0 radical (unpaired) electrons. The highest BCUT2D eigenvalue weighted by molar-refractivity contribution is 5.96. The molecule has 0 bridgehead atoms. The minimum absolute atomic E-state index is 0.0105. The predicted molar refractivity (Wildman–Crippen MR) is 136 cm³/mol. The second-order valence-corrected chi connectivity index (χ2v) is 10.8. The lowest BCUT2D eigenvalue weighted by Crippen LogP contribution is -2.31. The van der Waals surface area contributed by atoms with Crippen LogP contribution in [0.15, 0.2) is 67.1 Å². The average Bonchev–Trinajstić information content (AvgIpc) is 2.77. The summed E-state index contributed by atoms with van der Waals surface area (Å²) in [6, 6.07) is 15.1. The molecule has 0 saturated carbocycles. The van der Waals surface area contributed by atoms with Crippen LogP contribution in [0, 0.1) is 6.92 Å². The highest BCUT2D eigenvalue weighted by Crippen LogP contribution is 2.38. The minimum Gasteiger partial charge on any atom is -0.264 e. The maximum absolute atomic E-state index is 8.78. The van der Waals surface area contributed by atoms with Crippen molar-refractivity contribution in [1.29, 1.82) is 0 Å². The molecule has 0 amide bonds. The quantitative estimate of drug-likeness (QED) is 0.308. The standard InChI is InChI=1S/C30H35N2/c1-20-26(17-24(29(2,3)4)18-27(20)30(5,6)7)28-25-12-11-21(23-10-9-14-31-19-23)16-22(25)13-15-32(28)8/h9-19H,1-8H3/q+1/i13D,15D. The van der Waals surface area contributed by atoms with Gasteiger partial charge in [0.05, 0.1) is 12.3 Å². The Kier molecular flexibility index (Phi) is 4.82. The molecule has 0 aliphatic heterocycles. The molecule has 4 rings (SSSR count). The normalized spacial score (nSPS) is 13.2. The molecule has 2 nitrogen and oxygen atoms in total. The van der Waals surface area contributed by atoms with Gasteiger partial charge in [0.15, 0.2) is 6.17 Å². The minimum atomic E-state index is -0.0128. The number of nitrogens with zero attached hydrogens (tertiary/aromatic N) is 2. The number of aromatic nitrogens is 2. The fourth-order valence-electron chi connectivity index (χ4n) is 4.45. The van der Waals surface area contributed by atoms with Gasteiger partial charge in [0.25, 0.3) is 0 Å². The van der Waals surface area contributed by atoms with Gasteiger partial charge in [0, 0.05) is 24.0 Å². The Balaban J connectivity index is 2.11. The largest absolute Gasteiger partial charge is 0.264 e. The summed E-state index contributed by atoms with van der Waals surface area (Å²) in [7, 11) is 1.91. The first kappa shape index (κ1) is 19.7. The van der Waals surface area contributed by atoms with Gasteiger partial charge in [0.2, 0.25) is 5.69 Å². The van der Waals surface area contributed by atoms with Crippen molar-refractivity contribution in [2.75, 3.05) is 0 Å². The lowest BCUT2D eigenvalue weighted by Gasteiger charge is -2.28. The van der Waals surface area contributed by atoms with Crippen molar-refractivity contribution in [1.82, 2.24) is 4.98 Å². The Hall–Kier alpha value is -3.00. The molecule has 0 saturated heterocycles. The van der Waals surface area contributed by atoms with Crippen molar-refractivity contribution in [2.45, 2.75) is 59.3 Å². The van der Waals surface area contributed by atoms with E-state index >= 15 is 0 Å². The number of fused-ring (bicyclic) bond motifs is 1.